The zero-order chi connectivity index (χ0) is 24.4. The van der Waals surface area contributed by atoms with Crippen molar-refractivity contribution in [3.63, 3.8) is 0 Å². The lowest BCUT2D eigenvalue weighted by Gasteiger charge is -2.39. The number of ether oxygens (including phenoxy) is 2. The quantitative estimate of drug-likeness (QED) is 0.441. The molecule has 0 saturated carbocycles. The van der Waals surface area contributed by atoms with E-state index in [0.717, 1.165) is 32.8 Å². The summed E-state index contributed by atoms with van der Waals surface area (Å²) in [5.74, 6) is 0.721. The largest absolute Gasteiger partial charge is 0.497 e. The van der Waals surface area contributed by atoms with E-state index >= 15 is 0 Å². The minimum absolute atomic E-state index is 0.341. The van der Waals surface area contributed by atoms with Crippen LogP contribution in [0.2, 0.25) is 5.02 Å². The molecule has 8 heteroatoms. The van der Waals surface area contributed by atoms with Gasteiger partial charge in [0.15, 0.2) is 0 Å². The van der Waals surface area contributed by atoms with E-state index in [1.54, 1.807) is 14.2 Å². The smallest absolute Gasteiger partial charge is 0.331 e. The Morgan fingerprint density at radius 2 is 1.76 bits per heavy atom. The van der Waals surface area contributed by atoms with E-state index < -0.39 is 11.6 Å². The molecule has 34 heavy (non-hydrogen) atoms. The lowest BCUT2D eigenvalue weighted by atomic mass is 9.98. The highest BCUT2D eigenvalue weighted by Crippen LogP contribution is 2.45. The van der Waals surface area contributed by atoms with Crippen molar-refractivity contribution in [2.24, 2.45) is 14.1 Å². The van der Waals surface area contributed by atoms with Crippen LogP contribution < -0.4 is 16.0 Å². The molecule has 0 bridgehead atoms. The summed E-state index contributed by atoms with van der Waals surface area (Å²) in [6.45, 7) is 4.55. The van der Waals surface area contributed by atoms with Crippen molar-refractivity contribution in [3.8, 4) is 17.0 Å². The van der Waals surface area contributed by atoms with Gasteiger partial charge in [-0.1, -0.05) is 23.7 Å². The topological polar surface area (TPSA) is 67.4 Å². The van der Waals surface area contributed by atoms with Crippen LogP contribution in [0.25, 0.3) is 22.2 Å². The first-order valence-corrected chi connectivity index (χ1v) is 11.4. The molecule has 0 saturated heterocycles. The third kappa shape index (κ3) is 3.22. The van der Waals surface area contributed by atoms with E-state index in [9.17, 15) is 9.59 Å². The fourth-order valence-corrected chi connectivity index (χ4v) is 5.14. The first-order valence-electron chi connectivity index (χ1n) is 11.0. The highest BCUT2D eigenvalue weighted by Gasteiger charge is 2.40. The first-order chi connectivity index (χ1) is 16.2. The zero-order valence-corrected chi connectivity index (χ0v) is 20.5. The van der Waals surface area contributed by atoms with E-state index in [-0.39, 0.29) is 11.2 Å². The SMILES string of the molecule is COc1ccc(-c2c3c(=O)n(C)c(=O)n(C)c3c3n2C(C)(C)CO[C@@H]3c2cccc(Cl)c2)cc1. The Kier molecular flexibility index (Phi) is 5.22. The molecule has 0 N–H and O–H groups in total. The van der Waals surface area contributed by atoms with E-state index in [4.69, 9.17) is 21.1 Å². The van der Waals surface area contributed by atoms with Crippen LogP contribution in [-0.4, -0.2) is 27.4 Å². The Labute approximate surface area is 201 Å². The minimum Gasteiger partial charge on any atom is -0.497 e. The Bertz CT molecular complexity index is 1540. The van der Waals surface area contributed by atoms with Gasteiger partial charge in [-0.05, 0) is 61.4 Å². The maximum absolute atomic E-state index is 13.6. The van der Waals surface area contributed by atoms with Gasteiger partial charge in [0.1, 0.15) is 11.9 Å². The van der Waals surface area contributed by atoms with E-state index in [1.807, 2.05) is 48.5 Å². The Morgan fingerprint density at radius 1 is 1.06 bits per heavy atom. The lowest BCUT2D eigenvalue weighted by Crippen LogP contribution is -2.40. The highest BCUT2D eigenvalue weighted by atomic mass is 35.5. The number of methoxy groups -OCH3 is 1. The molecule has 0 spiro atoms. The van der Waals surface area contributed by atoms with Crippen molar-refractivity contribution in [1.82, 2.24) is 13.7 Å². The van der Waals surface area contributed by atoms with Crippen LogP contribution >= 0.6 is 11.6 Å². The molecule has 4 aromatic rings. The van der Waals surface area contributed by atoms with Crippen LogP contribution in [0.5, 0.6) is 5.75 Å². The molecule has 1 aliphatic rings. The Balaban J connectivity index is 1.98. The van der Waals surface area contributed by atoms with Crippen LogP contribution in [0, 0.1) is 0 Å². The number of benzene rings is 2. The number of hydrogen-bond acceptors (Lipinski definition) is 4. The summed E-state index contributed by atoms with van der Waals surface area (Å²) in [7, 11) is 4.82. The maximum atomic E-state index is 13.6. The van der Waals surface area contributed by atoms with E-state index in [2.05, 4.69) is 18.4 Å². The van der Waals surface area contributed by atoms with Gasteiger partial charge in [-0.25, -0.2) is 4.79 Å². The molecule has 2 aromatic carbocycles. The summed E-state index contributed by atoms with van der Waals surface area (Å²) in [6, 6.07) is 15.1. The highest BCUT2D eigenvalue weighted by molar-refractivity contribution is 6.30. The van der Waals surface area contributed by atoms with Crippen molar-refractivity contribution >= 4 is 22.5 Å². The molecule has 3 heterocycles. The second-order valence-electron chi connectivity index (χ2n) is 9.29. The van der Waals surface area contributed by atoms with Gasteiger partial charge in [-0.3, -0.25) is 13.9 Å². The summed E-state index contributed by atoms with van der Waals surface area (Å²) < 4.78 is 16.6. The average molecular weight is 480 g/mol. The second kappa shape index (κ2) is 7.89. The van der Waals surface area contributed by atoms with Gasteiger partial charge in [-0.2, -0.15) is 0 Å². The van der Waals surface area contributed by atoms with Gasteiger partial charge in [0.05, 0.1) is 41.5 Å². The fraction of sp³-hybridized carbons (Fsp3) is 0.308. The summed E-state index contributed by atoms with van der Waals surface area (Å²) in [5, 5.41) is 1.07. The predicted molar refractivity (Wildman–Crippen MR) is 133 cm³/mol. The second-order valence-corrected chi connectivity index (χ2v) is 9.72. The predicted octanol–water partition coefficient (Wildman–Crippen LogP) is 4.22. The minimum atomic E-state index is -0.501. The molecular weight excluding hydrogens is 454 g/mol. The first kappa shape index (κ1) is 22.5. The fourth-order valence-electron chi connectivity index (χ4n) is 4.94. The van der Waals surface area contributed by atoms with Gasteiger partial charge >= 0.3 is 5.69 Å². The number of aromatic nitrogens is 3. The van der Waals surface area contributed by atoms with Crippen LogP contribution in [0.15, 0.2) is 58.1 Å². The molecule has 0 fully saturated rings. The molecule has 0 radical (unpaired) electrons. The molecule has 1 aliphatic heterocycles. The van der Waals surface area contributed by atoms with Crippen LogP contribution in [0.3, 0.4) is 0 Å². The van der Waals surface area contributed by atoms with E-state index in [0.29, 0.717) is 22.5 Å². The van der Waals surface area contributed by atoms with Gasteiger partial charge in [0.2, 0.25) is 0 Å². The third-order valence-corrected chi connectivity index (χ3v) is 6.82. The molecule has 7 nitrogen and oxygen atoms in total. The molecule has 176 valence electrons. The molecular formula is C26H26ClN3O4. The number of aryl methyl sites for hydroxylation is 1. The molecule has 2 aromatic heterocycles. The average Bonchev–Trinajstić information content (AvgIpc) is 3.19. The number of hydrogen-bond donors (Lipinski definition) is 0. The molecule has 0 unspecified atom stereocenters. The van der Waals surface area contributed by atoms with Crippen LogP contribution in [0.1, 0.15) is 31.2 Å². The molecule has 5 rings (SSSR count). The number of halogens is 1. The normalized spacial score (nSPS) is 17.1. The summed E-state index contributed by atoms with van der Waals surface area (Å²) in [4.78, 5) is 26.6. The van der Waals surface area contributed by atoms with E-state index in [1.165, 1.54) is 11.6 Å². The van der Waals surface area contributed by atoms with Crippen molar-refractivity contribution in [3.05, 3.63) is 85.6 Å². The number of nitrogens with zero attached hydrogens (tertiary/aromatic N) is 3. The van der Waals surface area contributed by atoms with Gasteiger partial charge in [-0.15, -0.1) is 0 Å². The van der Waals surface area contributed by atoms with Crippen molar-refractivity contribution in [2.75, 3.05) is 13.7 Å². The van der Waals surface area contributed by atoms with Crippen molar-refractivity contribution < 1.29 is 9.47 Å². The monoisotopic (exact) mass is 479 g/mol. The van der Waals surface area contributed by atoms with Gasteiger partial charge < -0.3 is 14.0 Å². The summed E-state index contributed by atoms with van der Waals surface area (Å²) in [5.41, 5.74) is 2.58. The molecule has 0 aliphatic carbocycles. The third-order valence-electron chi connectivity index (χ3n) is 6.58. The molecule has 1 atom stereocenters. The number of fused-ring (bicyclic) bond motifs is 3. The van der Waals surface area contributed by atoms with Crippen LogP contribution in [0.4, 0.5) is 0 Å². The standard InChI is InChI=1S/C26H26ClN3O4/c1-26(2)14-34-23(16-7-6-8-17(27)13-16)22-21-19(24(31)29(4)25(32)28(21)3)20(30(22)26)15-9-11-18(33-5)12-10-15/h6-13,23H,14H2,1-5H3/t23-/m1/s1. The van der Waals surface area contributed by atoms with Crippen LogP contribution in [-0.2, 0) is 24.4 Å². The number of rotatable bonds is 3. The zero-order valence-electron chi connectivity index (χ0n) is 19.8. The summed E-state index contributed by atoms with van der Waals surface area (Å²) in [6.07, 6.45) is -0.501. The summed E-state index contributed by atoms with van der Waals surface area (Å²) >= 11 is 6.31. The van der Waals surface area contributed by atoms with Crippen molar-refractivity contribution in [2.45, 2.75) is 25.5 Å². The van der Waals surface area contributed by atoms with Gasteiger partial charge in [0.25, 0.3) is 5.56 Å². The Hall–Kier alpha value is -3.29. The Morgan fingerprint density at radius 3 is 2.41 bits per heavy atom. The lowest BCUT2D eigenvalue weighted by molar-refractivity contribution is -0.00706. The van der Waals surface area contributed by atoms with Crippen molar-refractivity contribution in [1.29, 1.82) is 0 Å². The maximum Gasteiger partial charge on any atom is 0.331 e. The molecule has 0 amide bonds. The van der Waals surface area contributed by atoms with Gasteiger partial charge in [0, 0.05) is 19.1 Å².